The average molecular weight is 521 g/mol. The van der Waals surface area contributed by atoms with E-state index in [4.69, 9.17) is 35.1 Å². The molecule has 0 N–H and O–H groups in total. The van der Waals surface area contributed by atoms with E-state index in [0.29, 0.717) is 25.2 Å². The van der Waals surface area contributed by atoms with Crippen LogP contribution in [0.2, 0.25) is 0 Å². The molecule has 0 bridgehead atoms. The van der Waals surface area contributed by atoms with Gasteiger partial charge in [0, 0.05) is 7.05 Å². The molecule has 0 atom stereocenters. The van der Waals surface area contributed by atoms with Crippen LogP contribution in [-0.4, -0.2) is 36.8 Å². The van der Waals surface area contributed by atoms with Crippen molar-refractivity contribution in [2.45, 2.75) is 52.4 Å². The van der Waals surface area contributed by atoms with Gasteiger partial charge < -0.3 is 9.64 Å². The van der Waals surface area contributed by atoms with Crippen molar-refractivity contribution in [2.24, 2.45) is 9.98 Å². The van der Waals surface area contributed by atoms with Gasteiger partial charge in [-0.2, -0.15) is 0 Å². The quantitative estimate of drug-likeness (QED) is 0.387. The summed E-state index contributed by atoms with van der Waals surface area (Å²) in [5.41, 5.74) is 4.30. The van der Waals surface area contributed by atoms with Crippen LogP contribution in [0.3, 0.4) is 0 Å². The number of hydrogen-bond acceptors (Lipinski definition) is 3. The van der Waals surface area contributed by atoms with E-state index in [1.54, 1.807) is 0 Å². The van der Waals surface area contributed by atoms with Crippen LogP contribution >= 0.6 is 20.4 Å². The predicted molar refractivity (Wildman–Crippen MR) is 135 cm³/mol. The first kappa shape index (κ1) is 26.7. The summed E-state index contributed by atoms with van der Waals surface area (Å²) in [5.74, 6) is 1.36. The van der Waals surface area contributed by atoms with Crippen molar-refractivity contribution in [2.75, 3.05) is 20.2 Å². The van der Waals surface area contributed by atoms with Gasteiger partial charge in [-0.3, -0.25) is 0 Å². The third-order valence-electron chi connectivity index (χ3n) is 5.09. The molecule has 178 valence electrons. The Balaban J connectivity index is 0.00000114. The number of rotatable bonds is 2. The van der Waals surface area contributed by atoms with Crippen LogP contribution in [0, 0.1) is 0 Å². The van der Waals surface area contributed by atoms with Crippen molar-refractivity contribution in [1.82, 2.24) is 4.90 Å². The third kappa shape index (κ3) is 7.23. The van der Waals surface area contributed by atoms with Gasteiger partial charge in [-0.05, 0) is 34.1 Å². The number of aliphatic imine (C=N–C) groups is 2. The molecule has 0 spiro atoms. The summed E-state index contributed by atoms with van der Waals surface area (Å²) in [4.78, 5) is 12.1. The van der Waals surface area contributed by atoms with Crippen molar-refractivity contribution in [1.29, 1.82) is 0 Å². The second-order valence-electron chi connectivity index (χ2n) is 9.70. The fourth-order valence-electron chi connectivity index (χ4n) is 3.46. The number of benzene rings is 2. The van der Waals surface area contributed by atoms with Crippen molar-refractivity contribution in [3.8, 4) is 0 Å². The fraction of sp³-hybridized carbons (Fsp3) is 0.440. The normalized spacial score (nSPS) is 17.2. The molecule has 0 aliphatic carbocycles. The van der Waals surface area contributed by atoms with E-state index in [9.17, 15) is 0 Å². The van der Waals surface area contributed by atoms with Crippen LogP contribution in [-0.2, 0) is 28.2 Å². The van der Waals surface area contributed by atoms with E-state index >= 15 is 0 Å². The molecule has 1 saturated heterocycles. The van der Waals surface area contributed by atoms with Gasteiger partial charge in [-0.25, -0.2) is 9.98 Å². The van der Waals surface area contributed by atoms with E-state index < -0.39 is 0 Å². The molecule has 7 heteroatoms. The van der Waals surface area contributed by atoms with Crippen molar-refractivity contribution in [3.63, 3.8) is 0 Å². The zero-order valence-corrected chi connectivity index (χ0v) is 22.4. The van der Waals surface area contributed by atoms with E-state index in [1.807, 2.05) is 25.2 Å². The number of amidine groups is 1. The van der Waals surface area contributed by atoms with Gasteiger partial charge in [0.05, 0.1) is 17.9 Å². The zero-order valence-electron chi connectivity index (χ0n) is 19.9. The number of hydrogen-bond donors (Lipinski definition) is 0. The van der Waals surface area contributed by atoms with Gasteiger partial charge in [0.15, 0.2) is 5.84 Å². The van der Waals surface area contributed by atoms with Crippen molar-refractivity contribution >= 4 is 43.5 Å². The van der Waals surface area contributed by atoms with Gasteiger partial charge in [-0.15, -0.1) is 0 Å². The number of halogens is 2. The van der Waals surface area contributed by atoms with Crippen molar-refractivity contribution < 1.29 is 17.4 Å². The molecule has 3 rings (SSSR count). The van der Waals surface area contributed by atoms with Gasteiger partial charge in [0.25, 0.3) is 5.90 Å². The van der Waals surface area contributed by atoms with Gasteiger partial charge >= 0.3 is 33.0 Å². The first-order valence-corrected chi connectivity index (χ1v) is 13.2. The Morgan fingerprint density at radius 1 is 0.812 bits per heavy atom. The minimum atomic E-state index is -0.00262. The number of ether oxygens (including phenoxy) is 1. The Morgan fingerprint density at radius 2 is 1.25 bits per heavy atom. The molecule has 1 fully saturated rings. The molecule has 0 amide bonds. The molecule has 1 aliphatic rings. The summed E-state index contributed by atoms with van der Waals surface area (Å²) in [7, 11) is 11.5. The molecule has 2 aromatic rings. The van der Waals surface area contributed by atoms with E-state index in [0.717, 1.165) is 23.8 Å². The Hall–Kier alpha value is -1.55. The summed E-state index contributed by atoms with van der Waals surface area (Å²) in [6.45, 7) is 14.6. The van der Waals surface area contributed by atoms with Crippen LogP contribution in [0.4, 0.5) is 11.4 Å². The van der Waals surface area contributed by atoms with Crippen LogP contribution in [0.15, 0.2) is 58.5 Å². The summed E-state index contributed by atoms with van der Waals surface area (Å²) >= 11 is 0.569. The van der Waals surface area contributed by atoms with Crippen molar-refractivity contribution in [3.05, 3.63) is 59.7 Å². The van der Waals surface area contributed by atoms with E-state index in [1.165, 1.54) is 11.1 Å². The summed E-state index contributed by atoms with van der Waals surface area (Å²) in [5, 5.41) is 0. The van der Waals surface area contributed by atoms with Crippen LogP contribution < -0.4 is 0 Å². The maximum atomic E-state index is 6.01. The van der Waals surface area contributed by atoms with Crippen LogP contribution in [0.25, 0.3) is 0 Å². The zero-order chi connectivity index (χ0) is 23.9. The predicted octanol–water partition coefficient (Wildman–Crippen LogP) is 7.38. The molecule has 1 heterocycles. The number of morpholine rings is 1. The standard InChI is InChI=1S/C25H33N3O.2ClH.Ni/c1-24(2,3)18-12-8-10-14-20(18)26-22-23(29-17-16-28(22)7)27-21-15-11-9-13-19(21)25(4,5)6;;;/h8-15H,16-17H2,1-7H3;2*1H;/q;;;+2/p-2. The SMILES string of the molecule is CN1CCOC(=Nc2ccccc2C(C)(C)C)C1=Nc1ccccc1C(C)(C)C.[Cl][Ni][Cl]. The first-order chi connectivity index (χ1) is 15.0. The van der Waals surface area contributed by atoms with Gasteiger partial charge in [0.2, 0.25) is 0 Å². The summed E-state index contributed by atoms with van der Waals surface area (Å²) < 4.78 is 6.01. The Morgan fingerprint density at radius 3 is 1.72 bits per heavy atom. The van der Waals surface area contributed by atoms with E-state index in [-0.39, 0.29) is 10.8 Å². The second-order valence-corrected chi connectivity index (χ2v) is 11.3. The molecular formula is C25H33Cl2N3NiO. The molecule has 0 radical (unpaired) electrons. The van der Waals surface area contributed by atoms with Crippen LogP contribution in [0.5, 0.6) is 0 Å². The number of likely N-dealkylation sites (N-methyl/N-ethyl adjacent to an activating group) is 1. The Bertz CT molecular complexity index is 962. The molecular weight excluding hydrogens is 488 g/mol. The Labute approximate surface area is 207 Å². The third-order valence-corrected chi connectivity index (χ3v) is 5.09. The molecule has 2 aromatic carbocycles. The summed E-state index contributed by atoms with van der Waals surface area (Å²) in [6.07, 6.45) is 0. The minimum absolute atomic E-state index is 0.00262. The summed E-state index contributed by atoms with van der Waals surface area (Å²) in [6, 6.07) is 16.6. The average Bonchev–Trinajstić information content (AvgIpc) is 2.70. The fourth-order valence-corrected chi connectivity index (χ4v) is 3.46. The molecule has 4 nitrogen and oxygen atoms in total. The van der Waals surface area contributed by atoms with Gasteiger partial charge in [-0.1, -0.05) is 77.9 Å². The molecule has 0 aromatic heterocycles. The van der Waals surface area contributed by atoms with Crippen LogP contribution in [0.1, 0.15) is 52.7 Å². The topological polar surface area (TPSA) is 37.2 Å². The Kier molecular flexibility index (Phi) is 9.63. The second kappa shape index (κ2) is 11.5. The van der Waals surface area contributed by atoms with Gasteiger partial charge in [0.1, 0.15) is 6.61 Å². The molecule has 32 heavy (non-hydrogen) atoms. The number of nitrogens with zero attached hydrogens (tertiary/aromatic N) is 3. The number of para-hydroxylation sites is 2. The molecule has 0 saturated carbocycles. The maximum absolute atomic E-state index is 6.01. The monoisotopic (exact) mass is 519 g/mol. The van der Waals surface area contributed by atoms with E-state index in [2.05, 4.69) is 76.8 Å². The first-order valence-electron chi connectivity index (χ1n) is 10.5. The molecule has 1 aliphatic heterocycles. The molecule has 0 unspecified atom stereocenters.